The summed E-state index contributed by atoms with van der Waals surface area (Å²) in [6.07, 6.45) is 0. The molecule has 0 aliphatic carbocycles. The van der Waals surface area contributed by atoms with Crippen molar-refractivity contribution in [2.75, 3.05) is 0 Å². The first kappa shape index (κ1) is 16.2. The second-order valence-electron chi connectivity index (χ2n) is 4.86. The molecule has 0 aromatic heterocycles. The highest BCUT2D eigenvalue weighted by atomic mass is 32.2. The molecule has 2 aromatic rings. The topological polar surface area (TPSA) is 75.3 Å². The Kier molecular flexibility index (Phi) is 5.30. The lowest BCUT2D eigenvalue weighted by molar-refractivity contribution is -0.122. The molecule has 116 valence electrons. The Hall–Kier alpha value is -2.18. The van der Waals surface area contributed by atoms with Gasteiger partial charge in [-0.1, -0.05) is 48.5 Å². The molecular formula is C16H18N2O3S. The van der Waals surface area contributed by atoms with Gasteiger partial charge in [0.15, 0.2) is 0 Å². The van der Waals surface area contributed by atoms with Gasteiger partial charge in [-0.3, -0.25) is 4.79 Å². The maximum atomic E-state index is 12.1. The zero-order valence-corrected chi connectivity index (χ0v) is 13.0. The first-order valence-electron chi connectivity index (χ1n) is 6.88. The van der Waals surface area contributed by atoms with Crippen LogP contribution in [0.15, 0.2) is 65.6 Å². The third-order valence-corrected chi connectivity index (χ3v) is 4.64. The summed E-state index contributed by atoms with van der Waals surface area (Å²) in [6.45, 7) is 1.87. The molecule has 0 aliphatic heterocycles. The highest BCUT2D eigenvalue weighted by Crippen LogP contribution is 2.08. The van der Waals surface area contributed by atoms with Gasteiger partial charge in [-0.2, -0.15) is 4.72 Å². The lowest BCUT2D eigenvalue weighted by Gasteiger charge is -2.14. The van der Waals surface area contributed by atoms with E-state index in [1.807, 2.05) is 30.3 Å². The fourth-order valence-corrected chi connectivity index (χ4v) is 3.12. The molecule has 0 saturated heterocycles. The zero-order chi connectivity index (χ0) is 16.0. The van der Waals surface area contributed by atoms with Crippen LogP contribution in [0.1, 0.15) is 12.5 Å². The summed E-state index contributed by atoms with van der Waals surface area (Å²) in [6, 6.07) is 16.5. The van der Waals surface area contributed by atoms with Crippen LogP contribution in [0.25, 0.3) is 0 Å². The summed E-state index contributed by atoms with van der Waals surface area (Å²) < 4.78 is 26.6. The molecule has 0 bridgehead atoms. The summed E-state index contributed by atoms with van der Waals surface area (Å²) in [5.74, 6) is -0.372. The van der Waals surface area contributed by atoms with Crippen LogP contribution < -0.4 is 10.0 Å². The molecule has 0 radical (unpaired) electrons. The van der Waals surface area contributed by atoms with Crippen molar-refractivity contribution in [3.8, 4) is 0 Å². The van der Waals surface area contributed by atoms with Crippen LogP contribution >= 0.6 is 0 Å². The predicted octanol–water partition coefficient (Wildman–Crippen LogP) is 1.67. The Bertz CT molecular complexity index is 716. The van der Waals surface area contributed by atoms with E-state index in [2.05, 4.69) is 10.0 Å². The third kappa shape index (κ3) is 4.41. The number of carbonyl (C=O) groups is 1. The fraction of sp³-hybridized carbons (Fsp3) is 0.188. The number of amides is 1. The third-order valence-electron chi connectivity index (χ3n) is 3.09. The van der Waals surface area contributed by atoms with Crippen molar-refractivity contribution in [1.82, 2.24) is 10.0 Å². The first-order valence-corrected chi connectivity index (χ1v) is 8.36. The average molecular weight is 318 g/mol. The van der Waals surface area contributed by atoms with Crippen molar-refractivity contribution >= 4 is 15.9 Å². The summed E-state index contributed by atoms with van der Waals surface area (Å²) in [4.78, 5) is 12.1. The summed E-state index contributed by atoms with van der Waals surface area (Å²) in [7, 11) is -3.70. The van der Waals surface area contributed by atoms with Gasteiger partial charge in [0.05, 0.1) is 10.9 Å². The van der Waals surface area contributed by atoms with E-state index < -0.39 is 16.1 Å². The molecule has 1 amide bonds. The lowest BCUT2D eigenvalue weighted by atomic mass is 10.2. The highest BCUT2D eigenvalue weighted by molar-refractivity contribution is 7.89. The van der Waals surface area contributed by atoms with E-state index >= 15 is 0 Å². The van der Waals surface area contributed by atoms with Gasteiger partial charge < -0.3 is 5.32 Å². The van der Waals surface area contributed by atoms with Crippen molar-refractivity contribution in [3.05, 3.63) is 66.2 Å². The molecule has 0 aliphatic rings. The minimum atomic E-state index is -3.70. The number of sulfonamides is 1. The van der Waals surface area contributed by atoms with Gasteiger partial charge in [-0.05, 0) is 24.6 Å². The average Bonchev–Trinajstić information content (AvgIpc) is 2.54. The van der Waals surface area contributed by atoms with Crippen LogP contribution in [0, 0.1) is 0 Å². The van der Waals surface area contributed by atoms with Gasteiger partial charge in [0.1, 0.15) is 0 Å². The van der Waals surface area contributed by atoms with Gasteiger partial charge in [-0.25, -0.2) is 8.42 Å². The fourth-order valence-electron chi connectivity index (χ4n) is 1.89. The number of nitrogens with one attached hydrogen (secondary N) is 2. The molecule has 5 nitrogen and oxygen atoms in total. The van der Waals surface area contributed by atoms with Crippen LogP contribution in [0.5, 0.6) is 0 Å². The zero-order valence-electron chi connectivity index (χ0n) is 12.2. The molecule has 1 atom stereocenters. The van der Waals surface area contributed by atoms with Crippen molar-refractivity contribution < 1.29 is 13.2 Å². The second-order valence-corrected chi connectivity index (χ2v) is 6.57. The van der Waals surface area contributed by atoms with Gasteiger partial charge in [-0.15, -0.1) is 0 Å². The van der Waals surface area contributed by atoms with E-state index in [4.69, 9.17) is 0 Å². The van der Waals surface area contributed by atoms with Crippen molar-refractivity contribution in [2.45, 2.75) is 24.4 Å². The second kappa shape index (κ2) is 7.20. The number of hydrogen-bond donors (Lipinski definition) is 2. The first-order chi connectivity index (χ1) is 10.5. The van der Waals surface area contributed by atoms with E-state index in [9.17, 15) is 13.2 Å². The number of rotatable bonds is 6. The Morgan fingerprint density at radius 2 is 1.55 bits per heavy atom. The van der Waals surface area contributed by atoms with E-state index in [-0.39, 0.29) is 10.8 Å². The van der Waals surface area contributed by atoms with Crippen LogP contribution in [0.3, 0.4) is 0 Å². The van der Waals surface area contributed by atoms with Crippen LogP contribution in [0.4, 0.5) is 0 Å². The molecule has 2 rings (SSSR count). The van der Waals surface area contributed by atoms with E-state index in [1.54, 1.807) is 18.2 Å². The predicted molar refractivity (Wildman–Crippen MR) is 84.5 cm³/mol. The Balaban J connectivity index is 1.94. The summed E-state index contributed by atoms with van der Waals surface area (Å²) in [5.41, 5.74) is 0.953. The highest BCUT2D eigenvalue weighted by Gasteiger charge is 2.21. The largest absolute Gasteiger partial charge is 0.351 e. The quantitative estimate of drug-likeness (QED) is 0.851. The van der Waals surface area contributed by atoms with Crippen molar-refractivity contribution in [1.29, 1.82) is 0 Å². The minimum absolute atomic E-state index is 0.137. The normalized spacial score (nSPS) is 12.6. The molecule has 2 N–H and O–H groups in total. The number of hydrogen-bond acceptors (Lipinski definition) is 3. The maximum Gasteiger partial charge on any atom is 0.241 e. The number of benzene rings is 2. The molecule has 1 unspecified atom stereocenters. The Morgan fingerprint density at radius 3 is 2.14 bits per heavy atom. The summed E-state index contributed by atoms with van der Waals surface area (Å²) >= 11 is 0. The van der Waals surface area contributed by atoms with Crippen LogP contribution in [-0.2, 0) is 21.4 Å². The molecule has 0 saturated carbocycles. The van der Waals surface area contributed by atoms with Gasteiger partial charge in [0.2, 0.25) is 15.9 Å². The van der Waals surface area contributed by atoms with E-state index in [1.165, 1.54) is 19.1 Å². The Morgan fingerprint density at radius 1 is 1.00 bits per heavy atom. The molecule has 6 heteroatoms. The molecule has 0 spiro atoms. The molecule has 22 heavy (non-hydrogen) atoms. The van der Waals surface area contributed by atoms with Crippen molar-refractivity contribution in [3.63, 3.8) is 0 Å². The molecule has 0 heterocycles. The van der Waals surface area contributed by atoms with Gasteiger partial charge in [0, 0.05) is 6.54 Å². The van der Waals surface area contributed by atoms with Gasteiger partial charge >= 0.3 is 0 Å². The monoisotopic (exact) mass is 318 g/mol. The maximum absolute atomic E-state index is 12.1. The minimum Gasteiger partial charge on any atom is -0.351 e. The standard InChI is InChI=1S/C16H18N2O3S/c1-13(16(19)17-12-14-8-4-2-5-9-14)18-22(20,21)15-10-6-3-7-11-15/h2-11,13,18H,12H2,1H3,(H,17,19). The summed E-state index contributed by atoms with van der Waals surface area (Å²) in [5, 5.41) is 2.71. The lowest BCUT2D eigenvalue weighted by Crippen LogP contribution is -2.44. The van der Waals surface area contributed by atoms with Crippen LogP contribution in [-0.4, -0.2) is 20.4 Å². The molecule has 0 fully saturated rings. The molecular weight excluding hydrogens is 300 g/mol. The SMILES string of the molecule is CC(NS(=O)(=O)c1ccccc1)C(=O)NCc1ccccc1. The van der Waals surface area contributed by atoms with Crippen molar-refractivity contribution in [2.24, 2.45) is 0 Å². The smallest absolute Gasteiger partial charge is 0.241 e. The number of carbonyl (C=O) groups excluding carboxylic acids is 1. The van der Waals surface area contributed by atoms with E-state index in [0.29, 0.717) is 6.54 Å². The molecule has 2 aromatic carbocycles. The van der Waals surface area contributed by atoms with Crippen LogP contribution in [0.2, 0.25) is 0 Å². The van der Waals surface area contributed by atoms with Gasteiger partial charge in [0.25, 0.3) is 0 Å². The van der Waals surface area contributed by atoms with E-state index in [0.717, 1.165) is 5.56 Å². The Labute approximate surface area is 130 Å².